The summed E-state index contributed by atoms with van der Waals surface area (Å²) in [4.78, 5) is 30.9. The predicted octanol–water partition coefficient (Wildman–Crippen LogP) is 1.40. The van der Waals surface area contributed by atoms with Crippen molar-refractivity contribution in [2.24, 2.45) is 16.6 Å². The molecule has 0 bridgehead atoms. The van der Waals surface area contributed by atoms with E-state index in [1.807, 2.05) is 0 Å². The minimum absolute atomic E-state index is 0.0273. The van der Waals surface area contributed by atoms with Gasteiger partial charge in [-0.2, -0.15) is 0 Å². The van der Waals surface area contributed by atoms with Crippen LogP contribution in [0.15, 0.2) is 29.3 Å². The van der Waals surface area contributed by atoms with Crippen LogP contribution in [0.1, 0.15) is 25.7 Å². The van der Waals surface area contributed by atoms with Crippen LogP contribution in [-0.4, -0.2) is 42.3 Å². The van der Waals surface area contributed by atoms with Crippen LogP contribution in [-0.2, 0) is 9.59 Å². The zero-order chi connectivity index (χ0) is 18.7. The molecular weight excluding hydrogens is 352 g/mol. The Labute approximate surface area is 157 Å². The van der Waals surface area contributed by atoms with Gasteiger partial charge >= 0.3 is 0 Å². The van der Waals surface area contributed by atoms with Gasteiger partial charge in [0.2, 0.25) is 5.91 Å². The number of hydrogen-bond donors (Lipinski definition) is 2. The minimum atomic E-state index is -1.02. The fraction of sp³-hybridized carbons (Fsp3) is 0.444. The van der Waals surface area contributed by atoms with E-state index < -0.39 is 17.7 Å². The molecular formula is C18H22N4O3S. The van der Waals surface area contributed by atoms with Crippen LogP contribution in [0, 0.1) is 5.92 Å². The van der Waals surface area contributed by atoms with Crippen molar-refractivity contribution in [2.75, 3.05) is 12.0 Å². The molecule has 1 saturated heterocycles. The first-order chi connectivity index (χ1) is 12.5. The molecule has 3 N–H and O–H groups in total. The summed E-state index contributed by atoms with van der Waals surface area (Å²) >= 11 is 5.18. The van der Waals surface area contributed by atoms with Crippen LogP contribution in [0.2, 0.25) is 0 Å². The fourth-order valence-electron chi connectivity index (χ4n) is 3.22. The van der Waals surface area contributed by atoms with Gasteiger partial charge in [-0.15, -0.1) is 0 Å². The number of carbonyl (C=O) groups excluding carboxylic acids is 2. The molecule has 1 aromatic rings. The molecule has 3 atom stereocenters. The first kappa shape index (κ1) is 18.5. The Balaban J connectivity index is 1.80. The highest BCUT2D eigenvalue weighted by atomic mass is 32.1. The summed E-state index contributed by atoms with van der Waals surface area (Å²) in [6.07, 6.45) is 5.36. The van der Waals surface area contributed by atoms with Gasteiger partial charge in [0.05, 0.1) is 18.8 Å². The summed E-state index contributed by atoms with van der Waals surface area (Å²) in [5.41, 5.74) is 6.65. The zero-order valence-corrected chi connectivity index (χ0v) is 15.4. The highest BCUT2D eigenvalue weighted by Crippen LogP contribution is 2.24. The van der Waals surface area contributed by atoms with Crippen molar-refractivity contribution in [2.45, 2.75) is 37.8 Å². The smallest absolute Gasteiger partial charge is 0.251 e. The normalized spacial score (nSPS) is 26.9. The van der Waals surface area contributed by atoms with Gasteiger partial charge in [0, 0.05) is 12.3 Å². The maximum atomic E-state index is 12.9. The SMILES string of the molecule is COc1ccc(N2C(=O)[C@H](C=N[C@@H]3CCCC[C@@H]3N)C(=O)NC2=S)cc1. The van der Waals surface area contributed by atoms with Gasteiger partial charge in [0.15, 0.2) is 11.0 Å². The number of nitrogens with one attached hydrogen (secondary N) is 1. The van der Waals surface area contributed by atoms with Gasteiger partial charge in [0.1, 0.15) is 5.75 Å². The van der Waals surface area contributed by atoms with Crippen molar-refractivity contribution in [3.8, 4) is 5.75 Å². The van der Waals surface area contributed by atoms with Crippen LogP contribution >= 0.6 is 12.2 Å². The summed E-state index contributed by atoms with van der Waals surface area (Å²) < 4.78 is 5.13. The molecule has 1 aliphatic heterocycles. The van der Waals surface area contributed by atoms with Crippen LogP contribution in [0.5, 0.6) is 5.75 Å². The minimum Gasteiger partial charge on any atom is -0.497 e. The van der Waals surface area contributed by atoms with E-state index >= 15 is 0 Å². The van der Waals surface area contributed by atoms with Crippen LogP contribution in [0.3, 0.4) is 0 Å². The lowest BCUT2D eigenvalue weighted by Gasteiger charge is -2.31. The van der Waals surface area contributed by atoms with E-state index in [2.05, 4.69) is 10.3 Å². The second kappa shape index (κ2) is 7.92. The maximum Gasteiger partial charge on any atom is 0.251 e. The van der Waals surface area contributed by atoms with E-state index in [-0.39, 0.29) is 17.2 Å². The number of nitrogens with two attached hydrogens (primary N) is 1. The first-order valence-corrected chi connectivity index (χ1v) is 9.04. The topological polar surface area (TPSA) is 97.0 Å². The molecule has 0 unspecified atom stereocenters. The molecule has 1 aliphatic carbocycles. The van der Waals surface area contributed by atoms with Crippen LogP contribution in [0.4, 0.5) is 5.69 Å². The molecule has 1 aromatic carbocycles. The Kier molecular flexibility index (Phi) is 5.63. The lowest BCUT2D eigenvalue weighted by atomic mass is 9.91. The number of rotatable bonds is 4. The molecule has 0 spiro atoms. The number of anilines is 1. The number of aliphatic imine (C=N–C) groups is 1. The standard InChI is InChI=1S/C18H22N4O3S/c1-25-12-8-6-11(7-9-12)22-17(24)13(16(23)21-18(22)26)10-20-15-5-3-2-4-14(15)19/h6-10,13-15H,2-5,19H2,1H3,(H,21,23,26)/t13-,14+,15-/m1/s1. The number of carbonyl (C=O) groups is 2. The number of ether oxygens (including phenoxy) is 1. The van der Waals surface area contributed by atoms with E-state index in [9.17, 15) is 9.59 Å². The maximum absolute atomic E-state index is 12.9. The number of methoxy groups -OCH3 is 1. The van der Waals surface area contributed by atoms with Gasteiger partial charge in [-0.1, -0.05) is 12.8 Å². The third kappa shape index (κ3) is 3.76. The second-order valence-corrected chi connectivity index (χ2v) is 6.84. The van der Waals surface area contributed by atoms with Crippen LogP contribution in [0.25, 0.3) is 0 Å². The summed E-state index contributed by atoms with van der Waals surface area (Å²) in [7, 11) is 1.56. The first-order valence-electron chi connectivity index (χ1n) is 8.63. The van der Waals surface area contributed by atoms with Gasteiger partial charge in [-0.25, -0.2) is 0 Å². The quantitative estimate of drug-likeness (QED) is 0.472. The number of amides is 2. The Bertz CT molecular complexity index is 734. The summed E-state index contributed by atoms with van der Waals surface area (Å²) in [5.74, 6) is -1.23. The summed E-state index contributed by atoms with van der Waals surface area (Å²) in [6.45, 7) is 0. The molecule has 2 amide bonds. The Morgan fingerprint density at radius 2 is 1.96 bits per heavy atom. The fourth-order valence-corrected chi connectivity index (χ4v) is 3.52. The lowest BCUT2D eigenvalue weighted by molar-refractivity contribution is -0.130. The largest absolute Gasteiger partial charge is 0.497 e. The average molecular weight is 374 g/mol. The molecule has 26 heavy (non-hydrogen) atoms. The van der Waals surface area contributed by atoms with Crippen molar-refractivity contribution in [3.63, 3.8) is 0 Å². The molecule has 0 radical (unpaired) electrons. The molecule has 1 heterocycles. The van der Waals surface area contributed by atoms with Crippen molar-refractivity contribution in [1.82, 2.24) is 5.32 Å². The second-order valence-electron chi connectivity index (χ2n) is 6.46. The Hall–Kier alpha value is -2.32. The van der Waals surface area contributed by atoms with Crippen molar-refractivity contribution < 1.29 is 14.3 Å². The molecule has 3 rings (SSSR count). The molecule has 1 saturated carbocycles. The lowest BCUT2D eigenvalue weighted by Crippen LogP contribution is -2.58. The molecule has 7 nitrogen and oxygen atoms in total. The number of nitrogens with zero attached hydrogens (tertiary/aromatic N) is 2. The molecule has 8 heteroatoms. The number of hydrogen-bond acceptors (Lipinski definition) is 6. The molecule has 0 aromatic heterocycles. The molecule has 2 aliphatic rings. The van der Waals surface area contributed by atoms with Gasteiger partial charge in [-0.05, 0) is 49.3 Å². The highest BCUT2D eigenvalue weighted by Gasteiger charge is 2.38. The highest BCUT2D eigenvalue weighted by molar-refractivity contribution is 7.80. The van der Waals surface area contributed by atoms with E-state index in [0.29, 0.717) is 11.4 Å². The third-order valence-electron chi connectivity index (χ3n) is 4.74. The third-order valence-corrected chi connectivity index (χ3v) is 5.03. The van der Waals surface area contributed by atoms with Crippen molar-refractivity contribution >= 4 is 41.0 Å². The predicted molar refractivity (Wildman–Crippen MR) is 103 cm³/mol. The van der Waals surface area contributed by atoms with E-state index in [1.54, 1.807) is 31.4 Å². The van der Waals surface area contributed by atoms with Gasteiger partial charge in [-0.3, -0.25) is 19.5 Å². The number of benzene rings is 1. The van der Waals surface area contributed by atoms with Crippen molar-refractivity contribution in [1.29, 1.82) is 0 Å². The zero-order valence-electron chi connectivity index (χ0n) is 14.6. The van der Waals surface area contributed by atoms with E-state index in [0.717, 1.165) is 25.7 Å². The van der Waals surface area contributed by atoms with Gasteiger partial charge in [0.25, 0.3) is 5.91 Å². The van der Waals surface area contributed by atoms with E-state index in [1.165, 1.54) is 11.1 Å². The summed E-state index contributed by atoms with van der Waals surface area (Å²) in [6, 6.07) is 6.81. The van der Waals surface area contributed by atoms with Crippen LogP contribution < -0.4 is 20.7 Å². The molecule has 2 fully saturated rings. The Morgan fingerprint density at radius 1 is 1.27 bits per heavy atom. The van der Waals surface area contributed by atoms with Crippen molar-refractivity contribution in [3.05, 3.63) is 24.3 Å². The van der Waals surface area contributed by atoms with E-state index in [4.69, 9.17) is 22.7 Å². The Morgan fingerprint density at radius 3 is 2.62 bits per heavy atom. The average Bonchev–Trinajstić information content (AvgIpc) is 2.63. The summed E-state index contributed by atoms with van der Waals surface area (Å²) in [5, 5.41) is 2.64. The van der Waals surface area contributed by atoms with Gasteiger partial charge < -0.3 is 15.8 Å². The molecule has 138 valence electrons. The number of thiocarbonyl (C=S) groups is 1. The monoisotopic (exact) mass is 374 g/mol.